The summed E-state index contributed by atoms with van der Waals surface area (Å²) in [4.78, 5) is 27.6. The quantitative estimate of drug-likeness (QED) is 0.354. The Bertz CT molecular complexity index is 705. The Morgan fingerprint density at radius 2 is 1.83 bits per heavy atom. The largest absolute Gasteiger partial charge is 0.444 e. The number of nitrogens with zero attached hydrogens (tertiary/aromatic N) is 5. The highest BCUT2D eigenvalue weighted by molar-refractivity contribution is 14.0. The highest BCUT2D eigenvalue weighted by atomic mass is 127. The molecule has 8 nitrogen and oxygen atoms in total. The number of carbonyl (C=O) groups excluding carboxylic acids is 1. The fraction of sp³-hybridized carbons (Fsp3) is 0.750. The number of aromatic nitrogens is 1. The van der Waals surface area contributed by atoms with Crippen molar-refractivity contribution in [3.8, 4) is 0 Å². The molecule has 30 heavy (non-hydrogen) atoms. The van der Waals surface area contributed by atoms with Crippen LogP contribution in [-0.2, 0) is 4.74 Å². The Hall–Kier alpha value is -1.30. The van der Waals surface area contributed by atoms with Crippen LogP contribution < -0.4 is 10.6 Å². The van der Waals surface area contributed by atoms with Crippen LogP contribution in [0.3, 0.4) is 0 Å². The summed E-state index contributed by atoms with van der Waals surface area (Å²) in [6, 6.07) is 0. The minimum atomic E-state index is -0.458. The smallest absolute Gasteiger partial charge is 0.410 e. The summed E-state index contributed by atoms with van der Waals surface area (Å²) in [5.74, 6) is 0.625. The van der Waals surface area contributed by atoms with Crippen molar-refractivity contribution in [2.75, 3.05) is 50.7 Å². The first-order chi connectivity index (χ1) is 13.7. The highest BCUT2D eigenvalue weighted by Crippen LogP contribution is 2.32. The number of thiazole rings is 1. The normalized spacial score (nSPS) is 20.0. The maximum atomic E-state index is 12.3. The summed E-state index contributed by atoms with van der Waals surface area (Å²) in [6.07, 6.45) is 3.43. The molecule has 2 fully saturated rings. The molecule has 3 heterocycles. The molecule has 0 unspecified atom stereocenters. The molecule has 1 aromatic heterocycles. The molecule has 2 N–H and O–H groups in total. The van der Waals surface area contributed by atoms with Gasteiger partial charge in [0.05, 0.1) is 0 Å². The summed E-state index contributed by atoms with van der Waals surface area (Å²) in [7, 11) is 0. The van der Waals surface area contributed by atoms with Crippen LogP contribution in [0.25, 0.3) is 0 Å². The molecule has 0 radical (unpaired) electrons. The topological polar surface area (TPSA) is 87.3 Å². The van der Waals surface area contributed by atoms with E-state index in [0.29, 0.717) is 25.6 Å². The average Bonchev–Trinajstić information content (AvgIpc) is 3.20. The van der Waals surface area contributed by atoms with Crippen LogP contribution >= 0.6 is 35.3 Å². The number of hydrogen-bond acceptors (Lipinski definition) is 6. The zero-order valence-electron chi connectivity index (χ0n) is 18.5. The summed E-state index contributed by atoms with van der Waals surface area (Å²) in [5.41, 5.74) is 5.90. The molecule has 10 heteroatoms. The Balaban J connectivity index is 0.00000320. The van der Waals surface area contributed by atoms with Gasteiger partial charge in [-0.15, -0.1) is 35.3 Å². The Kier molecular flexibility index (Phi) is 8.60. The molecule has 0 spiro atoms. The van der Waals surface area contributed by atoms with Crippen molar-refractivity contribution in [1.29, 1.82) is 0 Å². The van der Waals surface area contributed by atoms with Crippen LogP contribution in [0.4, 0.5) is 9.93 Å². The summed E-state index contributed by atoms with van der Waals surface area (Å²) < 4.78 is 5.48. The van der Waals surface area contributed by atoms with Crippen molar-refractivity contribution in [2.45, 2.75) is 46.1 Å². The van der Waals surface area contributed by atoms with Crippen molar-refractivity contribution in [3.05, 3.63) is 11.6 Å². The second-order valence-electron chi connectivity index (χ2n) is 9.24. The van der Waals surface area contributed by atoms with Gasteiger partial charge in [-0.1, -0.05) is 6.92 Å². The molecular weight excluding hydrogens is 515 g/mol. The van der Waals surface area contributed by atoms with Gasteiger partial charge in [0.2, 0.25) is 0 Å². The molecular formula is C20H35IN6O2S. The number of amides is 1. The maximum Gasteiger partial charge on any atom is 0.410 e. The Morgan fingerprint density at radius 1 is 1.20 bits per heavy atom. The number of ether oxygens (including phenoxy) is 1. The predicted octanol–water partition coefficient (Wildman–Crippen LogP) is 3.24. The summed E-state index contributed by atoms with van der Waals surface area (Å²) >= 11 is 1.67. The van der Waals surface area contributed by atoms with Gasteiger partial charge in [0.25, 0.3) is 0 Å². The van der Waals surface area contributed by atoms with E-state index >= 15 is 0 Å². The van der Waals surface area contributed by atoms with E-state index in [1.807, 2.05) is 32.3 Å². The van der Waals surface area contributed by atoms with Gasteiger partial charge in [0, 0.05) is 57.4 Å². The number of likely N-dealkylation sites (tertiary alicyclic amines) is 1. The van der Waals surface area contributed by atoms with E-state index < -0.39 is 5.60 Å². The van der Waals surface area contributed by atoms with Gasteiger partial charge in [-0.05, 0) is 39.0 Å². The van der Waals surface area contributed by atoms with Gasteiger partial charge < -0.3 is 25.2 Å². The molecule has 0 aromatic carbocycles. The number of rotatable bonds is 3. The molecule has 0 saturated carbocycles. The molecule has 2 aliphatic heterocycles. The number of piperazine rings is 1. The van der Waals surface area contributed by atoms with Crippen LogP contribution in [0.15, 0.2) is 16.6 Å². The van der Waals surface area contributed by atoms with Crippen LogP contribution in [0.1, 0.15) is 40.5 Å². The molecule has 0 aliphatic carbocycles. The number of halogens is 1. The van der Waals surface area contributed by atoms with E-state index in [-0.39, 0.29) is 35.5 Å². The zero-order valence-corrected chi connectivity index (χ0v) is 21.6. The lowest BCUT2D eigenvalue weighted by Crippen LogP contribution is -2.51. The average molecular weight is 551 g/mol. The number of nitrogens with two attached hydrogens (primary N) is 1. The van der Waals surface area contributed by atoms with E-state index in [0.717, 1.165) is 44.2 Å². The minimum absolute atomic E-state index is 0. The van der Waals surface area contributed by atoms with Crippen molar-refractivity contribution < 1.29 is 9.53 Å². The SMILES string of the molecule is CC1(CN=C(N)N2CCN(c3nccs3)CC2)CCN(C(=O)OC(C)(C)C)CC1.I. The van der Waals surface area contributed by atoms with E-state index in [4.69, 9.17) is 15.5 Å². The lowest BCUT2D eigenvalue weighted by atomic mass is 9.80. The highest BCUT2D eigenvalue weighted by Gasteiger charge is 2.33. The first-order valence-corrected chi connectivity index (χ1v) is 11.2. The summed E-state index contributed by atoms with van der Waals surface area (Å²) in [6.45, 7) is 13.5. The number of carbonyl (C=O) groups is 1. The third kappa shape index (κ3) is 6.86. The second-order valence-corrected chi connectivity index (χ2v) is 10.1. The minimum Gasteiger partial charge on any atom is -0.444 e. The van der Waals surface area contributed by atoms with Crippen molar-refractivity contribution in [2.24, 2.45) is 16.1 Å². The second kappa shape index (κ2) is 10.3. The number of guanidine groups is 1. The molecule has 170 valence electrons. The number of piperidine rings is 1. The molecule has 1 aromatic rings. The lowest BCUT2D eigenvalue weighted by Gasteiger charge is -2.39. The van der Waals surface area contributed by atoms with Crippen molar-refractivity contribution >= 4 is 52.5 Å². The van der Waals surface area contributed by atoms with E-state index in [1.165, 1.54) is 0 Å². The van der Waals surface area contributed by atoms with Crippen LogP contribution in [0.5, 0.6) is 0 Å². The fourth-order valence-corrected chi connectivity index (χ4v) is 4.28. The zero-order chi connectivity index (χ0) is 21.1. The fourth-order valence-electron chi connectivity index (χ4n) is 3.58. The third-order valence-corrected chi connectivity index (χ3v) is 6.37. The molecule has 2 aliphatic rings. The van der Waals surface area contributed by atoms with Gasteiger partial charge in [-0.2, -0.15) is 0 Å². The predicted molar refractivity (Wildman–Crippen MR) is 133 cm³/mol. The van der Waals surface area contributed by atoms with Crippen molar-refractivity contribution in [1.82, 2.24) is 14.8 Å². The maximum absolute atomic E-state index is 12.3. The third-order valence-electron chi connectivity index (χ3n) is 5.54. The molecule has 3 rings (SSSR count). The van der Waals surface area contributed by atoms with Crippen LogP contribution in [-0.4, -0.2) is 78.3 Å². The van der Waals surface area contributed by atoms with E-state index in [2.05, 4.69) is 21.7 Å². The molecule has 1 amide bonds. The molecule has 2 saturated heterocycles. The lowest BCUT2D eigenvalue weighted by molar-refractivity contribution is 0.0127. The van der Waals surface area contributed by atoms with Crippen LogP contribution in [0, 0.1) is 5.41 Å². The summed E-state index contributed by atoms with van der Waals surface area (Å²) in [5, 5.41) is 3.08. The van der Waals surface area contributed by atoms with Crippen LogP contribution in [0.2, 0.25) is 0 Å². The Morgan fingerprint density at radius 3 is 2.37 bits per heavy atom. The number of hydrogen-bond donors (Lipinski definition) is 1. The van der Waals surface area contributed by atoms with E-state index in [1.54, 1.807) is 16.2 Å². The first kappa shape index (κ1) is 25.0. The standard InChI is InChI=1S/C20H34N6O2S.HI/c1-19(2,3)28-18(27)26-8-5-20(4,6-9-26)15-23-16(21)24-10-12-25(13-11-24)17-22-7-14-29-17;/h7,14H,5-6,8-13,15H2,1-4H3,(H2,21,23);1H. The van der Waals surface area contributed by atoms with Gasteiger partial charge >= 0.3 is 6.09 Å². The first-order valence-electron chi connectivity index (χ1n) is 10.3. The Labute approximate surface area is 200 Å². The van der Waals surface area contributed by atoms with Gasteiger partial charge in [-0.25, -0.2) is 9.78 Å². The van der Waals surface area contributed by atoms with Gasteiger partial charge in [0.15, 0.2) is 11.1 Å². The van der Waals surface area contributed by atoms with Gasteiger partial charge in [-0.3, -0.25) is 4.99 Å². The number of anilines is 1. The van der Waals surface area contributed by atoms with Gasteiger partial charge in [0.1, 0.15) is 5.60 Å². The monoisotopic (exact) mass is 550 g/mol. The molecule has 0 bridgehead atoms. The number of aliphatic imine (C=N–C) groups is 1. The molecule has 0 atom stereocenters. The van der Waals surface area contributed by atoms with E-state index in [9.17, 15) is 4.79 Å². The van der Waals surface area contributed by atoms with Crippen molar-refractivity contribution in [3.63, 3.8) is 0 Å².